The van der Waals surface area contributed by atoms with Crippen molar-refractivity contribution < 1.29 is 13.2 Å². The zero-order valence-electron chi connectivity index (χ0n) is 16.8. The van der Waals surface area contributed by atoms with Gasteiger partial charge in [0.2, 0.25) is 0 Å². The Bertz CT molecular complexity index is 1130. The summed E-state index contributed by atoms with van der Waals surface area (Å²) in [5, 5.41) is 0.827. The lowest BCUT2D eigenvalue weighted by Gasteiger charge is -2.18. The zero-order chi connectivity index (χ0) is 22.9. The van der Waals surface area contributed by atoms with Crippen molar-refractivity contribution in [2.45, 2.75) is 31.7 Å². The van der Waals surface area contributed by atoms with Crippen molar-refractivity contribution in [2.75, 3.05) is 0 Å². The molecule has 1 heterocycles. The van der Waals surface area contributed by atoms with Crippen LogP contribution in [0.2, 0.25) is 15.1 Å². The predicted molar refractivity (Wildman–Crippen MR) is 125 cm³/mol. The summed E-state index contributed by atoms with van der Waals surface area (Å²) >= 11 is 18.2. The zero-order valence-corrected chi connectivity index (χ0v) is 19.1. The van der Waals surface area contributed by atoms with Crippen molar-refractivity contribution in [2.24, 2.45) is 0 Å². The first kappa shape index (κ1) is 23.2. The van der Waals surface area contributed by atoms with E-state index in [1.54, 1.807) is 12.1 Å². The van der Waals surface area contributed by atoms with E-state index in [1.807, 2.05) is 18.2 Å². The van der Waals surface area contributed by atoms with Gasteiger partial charge in [-0.05, 0) is 46.0 Å². The summed E-state index contributed by atoms with van der Waals surface area (Å²) in [6.45, 7) is 2.38. The topological polar surface area (TPSA) is 3.24 Å². The Morgan fingerprint density at radius 2 is 1.53 bits per heavy atom. The predicted octanol–water partition coefficient (Wildman–Crippen LogP) is 8.52. The number of rotatable bonds is 5. The fraction of sp³-hybridized carbons (Fsp3) is 0.200. The van der Waals surface area contributed by atoms with Crippen LogP contribution >= 0.6 is 34.8 Å². The molecule has 1 unspecified atom stereocenters. The number of fused-ring (bicyclic) bond motifs is 1. The van der Waals surface area contributed by atoms with Crippen molar-refractivity contribution in [1.29, 1.82) is 0 Å². The molecule has 0 amide bonds. The quantitative estimate of drug-likeness (QED) is 0.342. The minimum Gasteiger partial charge on any atom is -0.291 e. The highest BCUT2D eigenvalue weighted by molar-refractivity contribution is 6.42. The summed E-state index contributed by atoms with van der Waals surface area (Å²) in [5.74, 6) is -1.81. The highest BCUT2D eigenvalue weighted by Crippen LogP contribution is 2.38. The van der Waals surface area contributed by atoms with E-state index in [0.29, 0.717) is 17.1 Å². The first-order valence-corrected chi connectivity index (χ1v) is 11.1. The van der Waals surface area contributed by atoms with Gasteiger partial charge in [-0.2, -0.15) is 13.2 Å². The van der Waals surface area contributed by atoms with Crippen LogP contribution in [-0.4, -0.2) is 11.1 Å². The molecule has 1 atom stereocenters. The maximum Gasteiger partial charge on any atom is 0.399 e. The molecule has 0 N–H and O–H groups in total. The largest absolute Gasteiger partial charge is 0.399 e. The third-order valence-corrected chi connectivity index (χ3v) is 6.60. The molecule has 0 aromatic heterocycles. The number of hydrogen-bond donors (Lipinski definition) is 0. The van der Waals surface area contributed by atoms with Gasteiger partial charge >= 0.3 is 6.18 Å². The normalized spacial score (nSPS) is 15.3. The van der Waals surface area contributed by atoms with Crippen molar-refractivity contribution in [3.05, 3.63) is 110 Å². The van der Waals surface area contributed by atoms with Gasteiger partial charge in [0.05, 0.1) is 16.0 Å². The van der Waals surface area contributed by atoms with E-state index in [4.69, 9.17) is 34.8 Å². The number of allylic oxidation sites excluding steroid dienone is 1. The number of benzene rings is 3. The second-order valence-corrected chi connectivity index (χ2v) is 9.04. The molecule has 166 valence electrons. The summed E-state index contributed by atoms with van der Waals surface area (Å²) in [4.78, 5) is 2.28. The maximum absolute atomic E-state index is 13.7. The number of nitrogens with zero attached hydrogens (tertiary/aromatic N) is 1. The minimum absolute atomic E-state index is 0.0273. The third-order valence-electron chi connectivity index (χ3n) is 5.51. The van der Waals surface area contributed by atoms with Gasteiger partial charge < -0.3 is 0 Å². The summed E-state index contributed by atoms with van der Waals surface area (Å²) in [7, 11) is 0. The molecular formula is C25H19Cl3F3N. The monoisotopic (exact) mass is 495 g/mol. The molecule has 0 saturated carbocycles. The Balaban J connectivity index is 1.50. The van der Waals surface area contributed by atoms with E-state index in [1.165, 1.54) is 35.4 Å². The van der Waals surface area contributed by atoms with E-state index >= 15 is 0 Å². The number of alkyl halides is 3. The van der Waals surface area contributed by atoms with Gasteiger partial charge in [0.1, 0.15) is 0 Å². The van der Waals surface area contributed by atoms with E-state index in [-0.39, 0.29) is 15.6 Å². The van der Waals surface area contributed by atoms with E-state index in [2.05, 4.69) is 17.0 Å². The molecule has 0 fully saturated rings. The van der Waals surface area contributed by atoms with Crippen molar-refractivity contribution >= 4 is 40.9 Å². The Labute approximate surface area is 200 Å². The first-order chi connectivity index (χ1) is 15.2. The lowest BCUT2D eigenvalue weighted by atomic mass is 9.97. The Hall–Kier alpha value is -1.98. The molecule has 0 bridgehead atoms. The Morgan fingerprint density at radius 1 is 0.844 bits per heavy atom. The van der Waals surface area contributed by atoms with Gasteiger partial charge in [-0.1, -0.05) is 89.4 Å². The SMILES string of the molecule is FC(F)(F)C(/C=C/c1ccc(CN2Cc3ccccc3C2)c(Cl)c1)c1ccc(Cl)c(Cl)c1. The smallest absolute Gasteiger partial charge is 0.291 e. The van der Waals surface area contributed by atoms with Gasteiger partial charge in [0.15, 0.2) is 0 Å². The van der Waals surface area contributed by atoms with Crippen molar-refractivity contribution in [3.63, 3.8) is 0 Å². The Morgan fingerprint density at radius 3 is 2.12 bits per heavy atom. The lowest BCUT2D eigenvalue weighted by Crippen LogP contribution is -2.18. The fourth-order valence-electron chi connectivity index (χ4n) is 3.87. The van der Waals surface area contributed by atoms with E-state index < -0.39 is 12.1 Å². The van der Waals surface area contributed by atoms with Crippen LogP contribution in [-0.2, 0) is 19.6 Å². The van der Waals surface area contributed by atoms with Crippen LogP contribution in [0.4, 0.5) is 13.2 Å². The maximum atomic E-state index is 13.7. The van der Waals surface area contributed by atoms with Gasteiger partial charge in [-0.15, -0.1) is 0 Å². The molecule has 3 aromatic rings. The summed E-state index contributed by atoms with van der Waals surface area (Å²) in [6, 6.07) is 17.6. The van der Waals surface area contributed by atoms with Crippen LogP contribution in [0.5, 0.6) is 0 Å². The molecule has 3 aromatic carbocycles. The second-order valence-electron chi connectivity index (χ2n) is 7.82. The highest BCUT2D eigenvalue weighted by Gasteiger charge is 2.39. The molecule has 1 aliphatic rings. The third kappa shape index (κ3) is 5.32. The second kappa shape index (κ2) is 9.48. The van der Waals surface area contributed by atoms with E-state index in [9.17, 15) is 13.2 Å². The van der Waals surface area contributed by atoms with Crippen molar-refractivity contribution in [1.82, 2.24) is 4.90 Å². The lowest BCUT2D eigenvalue weighted by molar-refractivity contribution is -0.139. The summed E-state index contributed by atoms with van der Waals surface area (Å²) in [5.41, 5.74) is 4.18. The molecule has 0 aliphatic carbocycles. The fourth-order valence-corrected chi connectivity index (χ4v) is 4.43. The average Bonchev–Trinajstić information content (AvgIpc) is 3.14. The van der Waals surface area contributed by atoms with Crippen LogP contribution in [0.3, 0.4) is 0 Å². The number of halogens is 6. The molecule has 1 nitrogen and oxygen atoms in total. The molecule has 32 heavy (non-hydrogen) atoms. The molecule has 7 heteroatoms. The van der Waals surface area contributed by atoms with Crippen LogP contribution in [0.25, 0.3) is 6.08 Å². The Kier molecular flexibility index (Phi) is 6.87. The van der Waals surface area contributed by atoms with Gasteiger partial charge in [0.25, 0.3) is 0 Å². The van der Waals surface area contributed by atoms with Gasteiger partial charge in [0, 0.05) is 24.7 Å². The van der Waals surface area contributed by atoms with E-state index in [0.717, 1.165) is 24.7 Å². The molecule has 0 spiro atoms. The summed E-state index contributed by atoms with van der Waals surface area (Å²) in [6.07, 6.45) is -1.92. The average molecular weight is 497 g/mol. The van der Waals surface area contributed by atoms with Gasteiger partial charge in [-0.25, -0.2) is 0 Å². The van der Waals surface area contributed by atoms with Crippen LogP contribution < -0.4 is 0 Å². The van der Waals surface area contributed by atoms with Crippen LogP contribution in [0, 0.1) is 0 Å². The number of hydrogen-bond acceptors (Lipinski definition) is 1. The molecule has 4 rings (SSSR count). The van der Waals surface area contributed by atoms with Crippen LogP contribution in [0.15, 0.2) is 66.7 Å². The standard InChI is InChI=1S/C25H19Cl3F3N/c26-22-10-8-17(12-24(22)28)21(25(29,30)31)9-6-16-5-7-20(23(27)11-16)15-32-13-18-3-1-2-4-19(18)14-32/h1-12,21H,13-15H2/b9-6+. The highest BCUT2D eigenvalue weighted by atomic mass is 35.5. The molecule has 1 aliphatic heterocycles. The van der Waals surface area contributed by atoms with Crippen LogP contribution in [0.1, 0.15) is 33.7 Å². The van der Waals surface area contributed by atoms with Crippen molar-refractivity contribution in [3.8, 4) is 0 Å². The first-order valence-electron chi connectivity index (χ1n) is 9.98. The van der Waals surface area contributed by atoms with Gasteiger partial charge in [-0.3, -0.25) is 4.90 Å². The molecule has 0 radical (unpaired) electrons. The summed E-state index contributed by atoms with van der Waals surface area (Å²) < 4.78 is 41.0. The minimum atomic E-state index is -4.47. The molecular weight excluding hydrogens is 478 g/mol. The molecule has 0 saturated heterocycles.